The lowest BCUT2D eigenvalue weighted by Crippen LogP contribution is -2.27. The zero-order valence-electron chi connectivity index (χ0n) is 19.4. The van der Waals surface area contributed by atoms with Crippen molar-refractivity contribution in [1.29, 1.82) is 5.41 Å². The van der Waals surface area contributed by atoms with Crippen molar-refractivity contribution in [2.45, 2.75) is 17.7 Å². The molecule has 36 heavy (non-hydrogen) atoms. The van der Waals surface area contributed by atoms with Crippen molar-refractivity contribution in [3.8, 4) is 17.0 Å². The number of halogens is 1. The van der Waals surface area contributed by atoms with Crippen LogP contribution in [0.2, 0.25) is 5.02 Å². The molecule has 1 aromatic heterocycles. The third-order valence-electron chi connectivity index (χ3n) is 6.06. The van der Waals surface area contributed by atoms with Gasteiger partial charge in [-0.2, -0.15) is 5.10 Å². The average Bonchev–Trinajstić information content (AvgIpc) is 3.66. The minimum absolute atomic E-state index is 0.117. The topological polar surface area (TPSA) is 123 Å². The number of hydrazone groups is 1. The summed E-state index contributed by atoms with van der Waals surface area (Å²) in [5.74, 6) is 0.380. The number of nitrogens with zero attached hydrogens (tertiary/aromatic N) is 2. The molecule has 1 saturated carbocycles. The van der Waals surface area contributed by atoms with E-state index in [1.165, 1.54) is 23.2 Å². The average molecular weight is 522 g/mol. The molecule has 0 aliphatic heterocycles. The van der Waals surface area contributed by atoms with Gasteiger partial charge in [0.15, 0.2) is 0 Å². The summed E-state index contributed by atoms with van der Waals surface area (Å²) in [5, 5.41) is 13.3. The van der Waals surface area contributed by atoms with E-state index < -0.39 is 10.0 Å². The van der Waals surface area contributed by atoms with Gasteiger partial charge in [0.2, 0.25) is 5.96 Å². The lowest BCUT2D eigenvalue weighted by atomic mass is 9.98. The number of hydrogen-bond acceptors (Lipinski definition) is 5. The molecule has 0 spiro atoms. The van der Waals surface area contributed by atoms with Crippen LogP contribution in [0.3, 0.4) is 0 Å². The molecular formula is C26H24ClN5O3S. The zero-order valence-corrected chi connectivity index (χ0v) is 21.0. The van der Waals surface area contributed by atoms with Crippen LogP contribution in [-0.4, -0.2) is 31.2 Å². The van der Waals surface area contributed by atoms with Crippen molar-refractivity contribution < 1.29 is 13.2 Å². The lowest BCUT2D eigenvalue weighted by Gasteiger charge is -2.15. The number of aromatic nitrogens is 1. The fraction of sp³-hybridized carbons (Fsp3) is 0.154. The first-order valence-electron chi connectivity index (χ1n) is 11.3. The van der Waals surface area contributed by atoms with Crippen LogP contribution >= 0.6 is 11.6 Å². The van der Waals surface area contributed by atoms with Crippen molar-refractivity contribution in [1.82, 2.24) is 9.40 Å². The van der Waals surface area contributed by atoms with E-state index in [1.807, 2.05) is 12.1 Å². The monoisotopic (exact) mass is 521 g/mol. The number of para-hydroxylation sites is 1. The number of benzene rings is 3. The number of nitrogens with one attached hydrogen (secondary N) is 2. The Morgan fingerprint density at radius 1 is 1.08 bits per heavy atom. The molecule has 1 aliphatic carbocycles. The fourth-order valence-electron chi connectivity index (χ4n) is 4.27. The van der Waals surface area contributed by atoms with Gasteiger partial charge in [0.05, 0.1) is 28.9 Å². The second-order valence-electron chi connectivity index (χ2n) is 8.49. The molecule has 0 unspecified atom stereocenters. The fourth-order valence-corrected chi connectivity index (χ4v) is 5.94. The van der Waals surface area contributed by atoms with Crippen LogP contribution in [-0.2, 0) is 10.0 Å². The third-order valence-corrected chi connectivity index (χ3v) is 8.04. The Kier molecular flexibility index (Phi) is 6.19. The largest absolute Gasteiger partial charge is 0.497 e. The molecule has 4 aromatic rings. The summed E-state index contributed by atoms with van der Waals surface area (Å²) in [4.78, 5) is 0.123. The molecule has 3 aromatic carbocycles. The van der Waals surface area contributed by atoms with E-state index in [2.05, 4.69) is 10.5 Å². The van der Waals surface area contributed by atoms with E-state index in [0.717, 1.165) is 18.2 Å². The number of ether oxygens (including phenoxy) is 1. The first-order chi connectivity index (χ1) is 17.3. The predicted octanol–water partition coefficient (Wildman–Crippen LogP) is 4.80. The minimum Gasteiger partial charge on any atom is -0.497 e. The third kappa shape index (κ3) is 4.31. The van der Waals surface area contributed by atoms with Crippen LogP contribution < -0.4 is 15.9 Å². The van der Waals surface area contributed by atoms with Crippen LogP contribution in [0, 0.1) is 11.3 Å². The molecule has 0 radical (unpaired) electrons. The minimum atomic E-state index is -4.04. The van der Waals surface area contributed by atoms with Gasteiger partial charge in [-0.25, -0.2) is 17.8 Å². The van der Waals surface area contributed by atoms with Gasteiger partial charge in [0.1, 0.15) is 5.75 Å². The highest BCUT2D eigenvalue weighted by Gasteiger charge is 2.36. The summed E-state index contributed by atoms with van der Waals surface area (Å²) in [6.07, 6.45) is 1.81. The molecular weight excluding hydrogens is 498 g/mol. The maximum Gasteiger partial charge on any atom is 0.268 e. The second kappa shape index (κ2) is 9.33. The van der Waals surface area contributed by atoms with Gasteiger partial charge in [0.25, 0.3) is 10.0 Å². The number of methoxy groups -OCH3 is 1. The molecule has 8 nitrogen and oxygen atoms in total. The summed E-state index contributed by atoms with van der Waals surface area (Å²) < 4.78 is 34.9. The standard InChI is InChI=1S/C26H24ClN5O3S/c1-35-19-12-14-20(15-13-19)36(33,34)32-22-5-3-2-4-21(22)23(24(16-6-7-16)30-31-26(28)29)25(32)17-8-10-18(27)11-9-17/h2-5,8-16H,6-7H2,1H3,(H4,28,29,31)/b30-24-. The Morgan fingerprint density at radius 2 is 1.75 bits per heavy atom. The van der Waals surface area contributed by atoms with Crippen LogP contribution in [0.5, 0.6) is 5.75 Å². The van der Waals surface area contributed by atoms with Crippen LogP contribution in [0.25, 0.3) is 22.2 Å². The molecule has 184 valence electrons. The van der Waals surface area contributed by atoms with E-state index in [-0.39, 0.29) is 16.8 Å². The van der Waals surface area contributed by atoms with E-state index >= 15 is 0 Å². The summed E-state index contributed by atoms with van der Waals surface area (Å²) >= 11 is 6.17. The van der Waals surface area contributed by atoms with E-state index in [9.17, 15) is 8.42 Å². The summed E-state index contributed by atoms with van der Waals surface area (Å²) in [5.41, 5.74) is 11.1. The maximum atomic E-state index is 14.2. The summed E-state index contributed by atoms with van der Waals surface area (Å²) in [7, 11) is -2.51. The van der Waals surface area contributed by atoms with Crippen LogP contribution in [0.1, 0.15) is 18.4 Å². The summed E-state index contributed by atoms with van der Waals surface area (Å²) in [6, 6.07) is 20.7. The Labute approximate surface area is 213 Å². The molecule has 0 saturated heterocycles. The van der Waals surface area contributed by atoms with E-state index in [0.29, 0.717) is 38.8 Å². The molecule has 10 heteroatoms. The van der Waals surface area contributed by atoms with Gasteiger partial charge in [-0.05, 0) is 55.3 Å². The van der Waals surface area contributed by atoms with E-state index in [4.69, 9.17) is 27.5 Å². The van der Waals surface area contributed by atoms with Crippen LogP contribution in [0.4, 0.5) is 0 Å². The maximum absolute atomic E-state index is 14.2. The molecule has 4 N–H and O–H groups in total. The Balaban J connectivity index is 1.87. The SMILES string of the molecule is COc1ccc(S(=O)(=O)n2c(-c3ccc(Cl)cc3)c(/C(=N\NC(=N)N)C3CC3)c3ccccc32)cc1. The number of hydrogen-bond donors (Lipinski definition) is 3. The van der Waals surface area contributed by atoms with Gasteiger partial charge >= 0.3 is 0 Å². The number of guanidine groups is 1. The highest BCUT2D eigenvalue weighted by Crippen LogP contribution is 2.43. The molecule has 1 heterocycles. The molecule has 1 fully saturated rings. The van der Waals surface area contributed by atoms with Crippen molar-refractivity contribution >= 4 is 44.2 Å². The van der Waals surface area contributed by atoms with E-state index in [1.54, 1.807) is 48.5 Å². The van der Waals surface area contributed by atoms with Crippen LogP contribution in [0.15, 0.2) is 82.8 Å². The van der Waals surface area contributed by atoms with Crippen molar-refractivity contribution in [2.24, 2.45) is 16.8 Å². The molecule has 0 amide bonds. The number of fused-ring (bicyclic) bond motifs is 1. The Hall–Kier alpha value is -3.82. The Morgan fingerprint density at radius 3 is 2.36 bits per heavy atom. The lowest BCUT2D eigenvalue weighted by molar-refractivity contribution is 0.414. The Bertz CT molecular complexity index is 1590. The van der Waals surface area contributed by atoms with Crippen molar-refractivity contribution in [3.05, 3.63) is 83.4 Å². The first-order valence-corrected chi connectivity index (χ1v) is 13.1. The highest BCUT2D eigenvalue weighted by atomic mass is 35.5. The molecule has 0 bridgehead atoms. The quantitative estimate of drug-likeness (QED) is 0.183. The number of rotatable bonds is 7. The van der Waals surface area contributed by atoms with Gasteiger partial charge in [-0.3, -0.25) is 5.41 Å². The van der Waals surface area contributed by atoms with Crippen molar-refractivity contribution in [3.63, 3.8) is 0 Å². The molecule has 0 atom stereocenters. The van der Waals surface area contributed by atoms with Gasteiger partial charge in [-0.15, -0.1) is 0 Å². The molecule has 5 rings (SSSR count). The normalized spacial score (nSPS) is 14.1. The molecule has 1 aliphatic rings. The van der Waals surface area contributed by atoms with Gasteiger partial charge < -0.3 is 10.5 Å². The first kappa shape index (κ1) is 23.9. The number of nitrogens with two attached hydrogens (primary N) is 1. The van der Waals surface area contributed by atoms with Gasteiger partial charge in [-0.1, -0.05) is 41.9 Å². The zero-order chi connectivity index (χ0) is 25.4. The second-order valence-corrected chi connectivity index (χ2v) is 10.7. The highest BCUT2D eigenvalue weighted by molar-refractivity contribution is 7.90. The summed E-state index contributed by atoms with van der Waals surface area (Å²) in [6.45, 7) is 0. The van der Waals surface area contributed by atoms with Crippen molar-refractivity contribution in [2.75, 3.05) is 7.11 Å². The smallest absolute Gasteiger partial charge is 0.268 e. The van der Waals surface area contributed by atoms with Gasteiger partial charge in [0, 0.05) is 27.5 Å². The predicted molar refractivity (Wildman–Crippen MR) is 142 cm³/mol.